The third-order valence-electron chi connectivity index (χ3n) is 3.04. The largest absolute Gasteiger partial charge is 0.481 e. The van der Waals surface area contributed by atoms with Gasteiger partial charge in [0, 0.05) is 18.3 Å². The van der Waals surface area contributed by atoms with Crippen molar-refractivity contribution in [3.63, 3.8) is 0 Å². The highest BCUT2D eigenvalue weighted by molar-refractivity contribution is 5.67. The molecule has 1 atom stereocenters. The van der Waals surface area contributed by atoms with Crippen molar-refractivity contribution in [3.05, 3.63) is 29.3 Å². The molecule has 1 heterocycles. The lowest BCUT2D eigenvalue weighted by Gasteiger charge is -2.19. The summed E-state index contributed by atoms with van der Waals surface area (Å²) in [7, 11) is 0. The highest BCUT2D eigenvalue weighted by Gasteiger charge is 2.12. The Morgan fingerprint density at radius 1 is 1.53 bits per heavy atom. The predicted octanol–water partition coefficient (Wildman–Crippen LogP) is 1.39. The number of aliphatic carboxylic acids is 1. The molecule has 1 unspecified atom stereocenters. The highest BCUT2D eigenvalue weighted by Crippen LogP contribution is 2.23. The van der Waals surface area contributed by atoms with Crippen molar-refractivity contribution in [3.8, 4) is 0 Å². The van der Waals surface area contributed by atoms with Gasteiger partial charge >= 0.3 is 5.97 Å². The summed E-state index contributed by atoms with van der Waals surface area (Å²) in [6, 6.07) is 5.93. The summed E-state index contributed by atoms with van der Waals surface area (Å²) in [6.07, 6.45) is 2.89. The van der Waals surface area contributed by atoms with Gasteiger partial charge in [-0.15, -0.1) is 0 Å². The molecule has 1 aromatic rings. The number of fused-ring (bicyclic) bond motifs is 1. The molecular formula is C13H18N2O2. The van der Waals surface area contributed by atoms with E-state index in [0.717, 1.165) is 24.9 Å². The molecular weight excluding hydrogens is 216 g/mol. The number of carbonyl (C=O) groups is 1. The monoisotopic (exact) mass is 234 g/mol. The molecule has 0 saturated carbocycles. The fourth-order valence-corrected chi connectivity index (χ4v) is 2.25. The maximum Gasteiger partial charge on any atom is 0.304 e. The second kappa shape index (κ2) is 5.19. The number of benzene rings is 1. The molecule has 1 aliphatic heterocycles. The van der Waals surface area contributed by atoms with Crippen LogP contribution in [0.2, 0.25) is 0 Å². The molecule has 4 N–H and O–H groups in total. The Morgan fingerprint density at radius 2 is 2.35 bits per heavy atom. The molecule has 0 aliphatic carbocycles. The zero-order valence-corrected chi connectivity index (χ0v) is 9.78. The lowest BCUT2D eigenvalue weighted by atomic mass is 9.97. The van der Waals surface area contributed by atoms with Crippen LogP contribution in [0.4, 0.5) is 5.69 Å². The Hall–Kier alpha value is -1.55. The number of carboxylic acids is 1. The Bertz CT molecular complexity index is 418. The first-order valence-electron chi connectivity index (χ1n) is 5.98. The number of rotatable bonds is 4. The van der Waals surface area contributed by atoms with Crippen molar-refractivity contribution in [2.24, 2.45) is 5.73 Å². The standard InChI is InChI=1S/C13H18N2O2/c14-11(8-13(16)17)7-9-3-4-12-10(6-9)2-1-5-15-12/h3-4,6,11,15H,1-2,5,7-8,14H2,(H,16,17). The lowest BCUT2D eigenvalue weighted by molar-refractivity contribution is -0.137. The van der Waals surface area contributed by atoms with E-state index < -0.39 is 5.97 Å². The van der Waals surface area contributed by atoms with Crippen LogP contribution in [0.3, 0.4) is 0 Å². The van der Waals surface area contributed by atoms with Crippen molar-refractivity contribution in [2.45, 2.75) is 31.7 Å². The first-order chi connectivity index (χ1) is 8.15. The molecule has 1 aromatic carbocycles. The number of aryl methyl sites for hydroxylation is 1. The topological polar surface area (TPSA) is 75.4 Å². The summed E-state index contributed by atoms with van der Waals surface area (Å²) >= 11 is 0. The van der Waals surface area contributed by atoms with Crippen LogP contribution >= 0.6 is 0 Å². The molecule has 0 bridgehead atoms. The summed E-state index contributed by atoms with van der Waals surface area (Å²) in [5.41, 5.74) is 9.43. The van der Waals surface area contributed by atoms with E-state index in [9.17, 15) is 4.79 Å². The van der Waals surface area contributed by atoms with Gasteiger partial charge in [0.15, 0.2) is 0 Å². The number of carboxylic acid groups (broad SMARTS) is 1. The van der Waals surface area contributed by atoms with Crippen LogP contribution in [0.15, 0.2) is 18.2 Å². The van der Waals surface area contributed by atoms with E-state index in [1.807, 2.05) is 6.07 Å². The molecule has 0 amide bonds. The number of hydrogen-bond acceptors (Lipinski definition) is 3. The molecule has 1 aliphatic rings. The average Bonchev–Trinajstić information content (AvgIpc) is 2.27. The summed E-state index contributed by atoms with van der Waals surface area (Å²) in [6.45, 7) is 1.03. The van der Waals surface area contributed by atoms with Crippen LogP contribution in [0, 0.1) is 0 Å². The SMILES string of the molecule is NC(CC(=O)O)Cc1ccc2c(c1)CCCN2. The molecule has 0 aromatic heterocycles. The minimum atomic E-state index is -0.836. The molecule has 2 rings (SSSR count). The first-order valence-corrected chi connectivity index (χ1v) is 5.98. The normalized spacial score (nSPS) is 15.8. The fraction of sp³-hybridized carbons (Fsp3) is 0.462. The Kier molecular flexibility index (Phi) is 3.64. The second-order valence-electron chi connectivity index (χ2n) is 4.58. The maximum absolute atomic E-state index is 10.5. The number of nitrogens with two attached hydrogens (primary N) is 1. The van der Waals surface area contributed by atoms with Crippen molar-refractivity contribution < 1.29 is 9.90 Å². The van der Waals surface area contributed by atoms with Gasteiger partial charge < -0.3 is 16.2 Å². The highest BCUT2D eigenvalue weighted by atomic mass is 16.4. The number of anilines is 1. The van der Waals surface area contributed by atoms with E-state index in [1.165, 1.54) is 11.3 Å². The van der Waals surface area contributed by atoms with Crippen LogP contribution in [-0.2, 0) is 17.6 Å². The Balaban J connectivity index is 2.04. The van der Waals surface area contributed by atoms with Crippen LogP contribution in [0.5, 0.6) is 0 Å². The Labute approximate surface area is 101 Å². The van der Waals surface area contributed by atoms with Crippen molar-refractivity contribution >= 4 is 11.7 Å². The van der Waals surface area contributed by atoms with Gasteiger partial charge in [0.25, 0.3) is 0 Å². The van der Waals surface area contributed by atoms with E-state index in [2.05, 4.69) is 17.4 Å². The number of hydrogen-bond donors (Lipinski definition) is 3. The minimum absolute atomic E-state index is 0.0231. The molecule has 0 radical (unpaired) electrons. The predicted molar refractivity (Wildman–Crippen MR) is 67.2 cm³/mol. The Morgan fingerprint density at radius 3 is 3.12 bits per heavy atom. The van der Waals surface area contributed by atoms with Gasteiger partial charge in [0.05, 0.1) is 6.42 Å². The van der Waals surface area contributed by atoms with E-state index in [-0.39, 0.29) is 12.5 Å². The van der Waals surface area contributed by atoms with Gasteiger partial charge in [-0.2, -0.15) is 0 Å². The third-order valence-corrected chi connectivity index (χ3v) is 3.04. The van der Waals surface area contributed by atoms with Gasteiger partial charge in [-0.3, -0.25) is 4.79 Å². The first kappa shape index (κ1) is 11.9. The van der Waals surface area contributed by atoms with Gasteiger partial charge in [-0.05, 0) is 36.5 Å². The summed E-state index contributed by atoms with van der Waals surface area (Å²) in [4.78, 5) is 10.5. The van der Waals surface area contributed by atoms with Gasteiger partial charge in [0.1, 0.15) is 0 Å². The summed E-state index contributed by atoms with van der Waals surface area (Å²) in [5, 5.41) is 12.0. The molecule has 0 saturated heterocycles. The smallest absolute Gasteiger partial charge is 0.304 e. The third kappa shape index (κ3) is 3.20. The fourth-order valence-electron chi connectivity index (χ4n) is 2.25. The van der Waals surface area contributed by atoms with Gasteiger partial charge in [-0.25, -0.2) is 0 Å². The zero-order chi connectivity index (χ0) is 12.3. The molecule has 0 fully saturated rings. The zero-order valence-electron chi connectivity index (χ0n) is 9.78. The van der Waals surface area contributed by atoms with Crippen LogP contribution in [0.25, 0.3) is 0 Å². The lowest BCUT2D eigenvalue weighted by Crippen LogP contribution is -2.26. The van der Waals surface area contributed by atoms with Gasteiger partial charge in [-0.1, -0.05) is 12.1 Å². The van der Waals surface area contributed by atoms with E-state index >= 15 is 0 Å². The van der Waals surface area contributed by atoms with E-state index in [0.29, 0.717) is 6.42 Å². The molecule has 4 nitrogen and oxygen atoms in total. The van der Waals surface area contributed by atoms with Crippen molar-refractivity contribution in [2.75, 3.05) is 11.9 Å². The molecule has 0 spiro atoms. The maximum atomic E-state index is 10.5. The molecule has 92 valence electrons. The summed E-state index contributed by atoms with van der Waals surface area (Å²) in [5.74, 6) is -0.836. The summed E-state index contributed by atoms with van der Waals surface area (Å²) < 4.78 is 0. The molecule has 17 heavy (non-hydrogen) atoms. The molecule has 4 heteroatoms. The van der Waals surface area contributed by atoms with E-state index in [4.69, 9.17) is 10.8 Å². The van der Waals surface area contributed by atoms with Gasteiger partial charge in [0.2, 0.25) is 0 Å². The van der Waals surface area contributed by atoms with Crippen molar-refractivity contribution in [1.82, 2.24) is 0 Å². The second-order valence-corrected chi connectivity index (χ2v) is 4.58. The van der Waals surface area contributed by atoms with Crippen LogP contribution < -0.4 is 11.1 Å². The van der Waals surface area contributed by atoms with E-state index in [1.54, 1.807) is 0 Å². The van der Waals surface area contributed by atoms with Crippen LogP contribution in [0.1, 0.15) is 24.0 Å². The quantitative estimate of drug-likeness (QED) is 0.736. The van der Waals surface area contributed by atoms with Crippen molar-refractivity contribution in [1.29, 1.82) is 0 Å². The number of nitrogens with one attached hydrogen (secondary N) is 1. The van der Waals surface area contributed by atoms with Crippen LogP contribution in [-0.4, -0.2) is 23.7 Å². The minimum Gasteiger partial charge on any atom is -0.481 e. The average molecular weight is 234 g/mol.